The zero-order chi connectivity index (χ0) is 67.7. The highest BCUT2D eigenvalue weighted by Gasteiger charge is 2.74. The van der Waals surface area contributed by atoms with Crippen LogP contribution in [-0.2, 0) is 40.3 Å². The number of nitriles is 3. The molecule has 6 heterocycles. The highest BCUT2D eigenvalue weighted by atomic mass is 79.9. The molecule has 18 rings (SSSR count). The van der Waals surface area contributed by atoms with Gasteiger partial charge in [-0.25, -0.2) is 9.97 Å². The van der Waals surface area contributed by atoms with E-state index in [4.69, 9.17) is 30.7 Å². The van der Waals surface area contributed by atoms with Crippen LogP contribution >= 0.6 is 31.9 Å². The van der Waals surface area contributed by atoms with Gasteiger partial charge in [0.25, 0.3) is 0 Å². The molecule has 26 heteroatoms. The van der Waals surface area contributed by atoms with Gasteiger partial charge >= 0.3 is 26.3 Å². The molecule has 0 aromatic carbocycles. The molecule has 12 saturated carbocycles. The summed E-state index contributed by atoms with van der Waals surface area (Å²) in [7, 11) is -0.562. The zero-order valence-electron chi connectivity index (χ0n) is 53.2. The minimum absolute atomic E-state index is 0.0462. The van der Waals surface area contributed by atoms with E-state index in [0.717, 1.165) is 119 Å². The summed E-state index contributed by atoms with van der Waals surface area (Å²) < 4.78 is 71.4. The van der Waals surface area contributed by atoms with Gasteiger partial charge in [0.15, 0.2) is 0 Å². The number of carbonyl (C=O) groups excluding carboxylic acids is 2. The Balaban J connectivity index is 0.000000126. The normalized spacial score (nSPS) is 28.8. The minimum Gasteiger partial charge on any atom is -0.481 e. The largest absolute Gasteiger partial charge is 0.496 e. The fourth-order valence-corrected chi connectivity index (χ4v) is 15.4. The van der Waals surface area contributed by atoms with Crippen LogP contribution in [0.25, 0.3) is 11.1 Å². The van der Waals surface area contributed by atoms with Crippen LogP contribution in [0.1, 0.15) is 171 Å². The Bertz CT molecular complexity index is 3810. The predicted molar refractivity (Wildman–Crippen MR) is 342 cm³/mol. The van der Waals surface area contributed by atoms with E-state index in [0.29, 0.717) is 44.0 Å². The molecule has 0 radical (unpaired) electrons. The predicted octanol–water partition coefficient (Wildman–Crippen LogP) is 12.5. The van der Waals surface area contributed by atoms with Crippen molar-refractivity contribution in [2.45, 2.75) is 198 Å². The van der Waals surface area contributed by atoms with Crippen LogP contribution in [0.3, 0.4) is 0 Å². The van der Waals surface area contributed by atoms with E-state index in [1.807, 2.05) is 70.3 Å². The lowest BCUT2D eigenvalue weighted by Gasteiger charge is -2.66. The standard InChI is InChI=1S/C23H22F2N4O2.C16H16BrN3O.C13H18BF2NO3.C9H11BrN2.C7H7NO2/c1-14-7-18(31-20(24)25)28-9-16(14)15-3-4-17(27-8-15)23(5-2-6-23)29-19(30)22-10-21(11-22,12-22)13-26;17-11-2-3-12(19-6-11)16(4-1-5-16)20-13(21)15-7-14(8-15,9-15)10-18;1-8-6-10(18-11(15)16)17-7-9(8)14-19-12(2,3)13(4,5)20-14;10-7-2-3-8(12-6-7)9(11)4-1-5-9;8-4-6-1-7(2-6,3-6)5(9)10/h3-4,7-9,20H,2,5-6,10-12H2,1H3,(H,29,30);2-3,6H,1,4-5,7-9H2,(H,20,21);6-7,11H,1-5H3;2-3,6H,1,4-5,11H2;1-3H2,(H,9,10). The monoisotopic (exact) mass is 1420 g/mol. The van der Waals surface area contributed by atoms with Gasteiger partial charge in [0.05, 0.1) is 95.6 Å². The number of aryl methyl sites for hydroxylation is 2. The van der Waals surface area contributed by atoms with E-state index in [-0.39, 0.29) is 61.7 Å². The summed E-state index contributed by atoms with van der Waals surface area (Å²) in [5.41, 5.74) is 9.16. The molecule has 0 atom stereocenters. The summed E-state index contributed by atoms with van der Waals surface area (Å²) >= 11 is 6.74. The van der Waals surface area contributed by atoms with Crippen LogP contribution in [-0.4, -0.2) is 79.4 Å². The number of alkyl halides is 4. The first-order chi connectivity index (χ1) is 44.3. The molecular formula is C68H74BBr2F4N11O8. The van der Waals surface area contributed by atoms with Gasteiger partial charge in [-0.2, -0.15) is 33.3 Å². The van der Waals surface area contributed by atoms with Gasteiger partial charge in [-0.3, -0.25) is 29.3 Å². The summed E-state index contributed by atoms with van der Waals surface area (Å²) in [5, 5.41) is 42.0. The topological polar surface area (TPSA) is 294 Å². The number of nitrogens with one attached hydrogen (secondary N) is 2. The Morgan fingerprint density at radius 1 is 0.574 bits per heavy atom. The number of hydrogen-bond donors (Lipinski definition) is 4. The molecule has 94 heavy (non-hydrogen) atoms. The molecule has 0 spiro atoms. The number of carbonyl (C=O) groups is 3. The summed E-state index contributed by atoms with van der Waals surface area (Å²) in [6.07, 6.45) is 23.4. The molecule has 6 bridgehead atoms. The first-order valence-corrected chi connectivity index (χ1v) is 33.2. The molecule has 19 nitrogen and oxygen atoms in total. The van der Waals surface area contributed by atoms with Crippen LogP contribution in [0, 0.1) is 80.3 Å². The maximum atomic E-state index is 12.9. The van der Waals surface area contributed by atoms with Gasteiger partial charge in [-0.15, -0.1) is 0 Å². The molecular weight excluding hydrogens is 1350 g/mol. The molecule has 1 aliphatic heterocycles. The van der Waals surface area contributed by atoms with Crippen molar-refractivity contribution in [2.75, 3.05) is 0 Å². The second-order valence-electron chi connectivity index (χ2n) is 28.9. The summed E-state index contributed by atoms with van der Waals surface area (Å²) in [4.78, 5) is 57.3. The number of nitrogens with two attached hydrogens (primary N) is 1. The van der Waals surface area contributed by atoms with Crippen molar-refractivity contribution >= 4 is 62.2 Å². The van der Waals surface area contributed by atoms with Gasteiger partial charge in [-0.1, -0.05) is 6.07 Å². The average Bonchev–Trinajstić information content (AvgIpc) is 0.748. The third-order valence-corrected chi connectivity index (χ3v) is 22.7. The Hall–Kier alpha value is -7.15. The number of rotatable bonds is 14. The van der Waals surface area contributed by atoms with Gasteiger partial charge in [0, 0.05) is 68.7 Å². The molecule has 12 aliphatic carbocycles. The molecule has 0 unspecified atom stereocenters. The molecule has 5 aromatic rings. The van der Waals surface area contributed by atoms with E-state index < -0.39 is 48.5 Å². The van der Waals surface area contributed by atoms with E-state index in [1.54, 1.807) is 26.2 Å². The number of carboxylic acids is 1. The maximum absolute atomic E-state index is 12.9. The van der Waals surface area contributed by atoms with Gasteiger partial charge in [0.1, 0.15) is 0 Å². The van der Waals surface area contributed by atoms with Crippen molar-refractivity contribution in [1.29, 1.82) is 15.8 Å². The van der Waals surface area contributed by atoms with E-state index in [2.05, 4.69) is 95.1 Å². The number of aliphatic carboxylic acids is 1. The van der Waals surface area contributed by atoms with Crippen molar-refractivity contribution in [3.05, 3.63) is 117 Å². The quantitative estimate of drug-likeness (QED) is 0.0593. The van der Waals surface area contributed by atoms with Crippen LogP contribution < -0.4 is 31.3 Å². The summed E-state index contributed by atoms with van der Waals surface area (Å²) in [5.74, 6) is -0.778. The van der Waals surface area contributed by atoms with E-state index >= 15 is 0 Å². The molecule has 494 valence electrons. The number of ether oxygens (including phenoxy) is 2. The number of pyridine rings is 5. The maximum Gasteiger partial charge on any atom is 0.496 e. The van der Waals surface area contributed by atoms with E-state index in [9.17, 15) is 37.2 Å². The first kappa shape index (κ1) is 68.2. The van der Waals surface area contributed by atoms with Crippen molar-refractivity contribution in [2.24, 2.45) is 38.2 Å². The third-order valence-electron chi connectivity index (χ3n) is 21.7. The second kappa shape index (κ2) is 24.8. The number of nitrogens with zero attached hydrogens (tertiary/aromatic N) is 8. The molecule has 1 saturated heterocycles. The summed E-state index contributed by atoms with van der Waals surface area (Å²) in [6, 6.07) is 21.6. The summed E-state index contributed by atoms with van der Waals surface area (Å²) in [6.45, 7) is 5.57. The smallest absolute Gasteiger partial charge is 0.481 e. The zero-order valence-corrected chi connectivity index (χ0v) is 56.4. The SMILES string of the molecule is Cc1cc(OC(F)F)ncc1-c1ccc(C2(NC(=O)C34CC(C#N)(C3)C4)CCC2)nc1.Cc1cc(OC(F)F)ncc1B1OC(C)(C)C(C)(C)O1.N#CC12CC(C(=O)NC3(c4ccc(Br)cn4)CCC3)(C1)C2.N#CC12CC(C(=O)O)(C1)C2.NC1(c2ccc(Br)cn2)CCC1. The highest BCUT2D eigenvalue weighted by molar-refractivity contribution is 9.10. The minimum atomic E-state index is -2.91. The Kier molecular flexibility index (Phi) is 18.0. The molecule has 13 fully saturated rings. The highest BCUT2D eigenvalue weighted by Crippen LogP contribution is 2.75. The van der Waals surface area contributed by atoms with E-state index in [1.165, 1.54) is 30.9 Å². The second-order valence-corrected chi connectivity index (χ2v) is 30.8. The van der Waals surface area contributed by atoms with Crippen molar-refractivity contribution < 1.29 is 55.8 Å². The van der Waals surface area contributed by atoms with Crippen LogP contribution in [0.5, 0.6) is 11.8 Å². The number of aromatic nitrogens is 5. The Morgan fingerprint density at radius 3 is 1.30 bits per heavy atom. The lowest BCUT2D eigenvalue weighted by Crippen LogP contribution is -2.69. The fraction of sp³-hybridized carbons (Fsp3) is 0.544. The molecule has 13 aliphatic rings. The Morgan fingerprint density at radius 2 is 0.968 bits per heavy atom. The molecule has 5 aromatic heterocycles. The average molecular weight is 1420 g/mol. The molecule has 2 amide bonds. The van der Waals surface area contributed by atoms with Crippen LogP contribution in [0.15, 0.2) is 88.5 Å². The number of halogens is 6. The van der Waals surface area contributed by atoms with Crippen LogP contribution in [0.2, 0.25) is 0 Å². The number of amides is 2. The Labute approximate surface area is 560 Å². The van der Waals surface area contributed by atoms with Gasteiger partial charge < -0.3 is 40.3 Å². The third kappa shape index (κ3) is 12.7. The first-order valence-electron chi connectivity index (χ1n) is 31.6. The van der Waals surface area contributed by atoms with Crippen molar-refractivity contribution in [3.8, 4) is 41.1 Å². The van der Waals surface area contributed by atoms with Gasteiger partial charge in [0.2, 0.25) is 23.6 Å². The number of carboxylic acid groups (broad SMARTS) is 1. The molecule has 5 N–H and O–H groups in total. The fourth-order valence-electron chi connectivity index (χ4n) is 15.0. The van der Waals surface area contributed by atoms with Crippen LogP contribution in [0.4, 0.5) is 17.6 Å². The van der Waals surface area contributed by atoms with Crippen molar-refractivity contribution in [3.63, 3.8) is 0 Å². The lowest BCUT2D eigenvalue weighted by atomic mass is 9.35. The number of hydrogen-bond acceptors (Lipinski definition) is 16. The lowest BCUT2D eigenvalue weighted by molar-refractivity contribution is -0.202. The van der Waals surface area contributed by atoms with Gasteiger partial charge in [-0.05, 0) is 230 Å². The van der Waals surface area contributed by atoms with Crippen molar-refractivity contribution in [1.82, 2.24) is 35.6 Å².